The molecule has 0 aromatic rings. The Morgan fingerprint density at radius 2 is 0.447 bits per heavy atom. The summed E-state index contributed by atoms with van der Waals surface area (Å²) in [6.45, 7) is 14.1. The van der Waals surface area contributed by atoms with Crippen LogP contribution in [0, 0.1) is 23.7 Å². The van der Waals surface area contributed by atoms with Crippen LogP contribution in [0.5, 0.6) is 0 Å². The molecule has 5 atom stereocenters. The van der Waals surface area contributed by atoms with E-state index in [0.717, 1.165) is 108 Å². The number of esters is 4. The molecule has 558 valence electrons. The normalized spacial score (nSPS) is 14.2. The zero-order valence-corrected chi connectivity index (χ0v) is 63.4. The number of aliphatic hydroxyl groups is 1. The summed E-state index contributed by atoms with van der Waals surface area (Å²) in [6, 6.07) is 0. The molecule has 94 heavy (non-hydrogen) atoms. The number of phosphoric acid groups is 2. The van der Waals surface area contributed by atoms with Gasteiger partial charge in [0.05, 0.1) is 26.4 Å². The minimum atomic E-state index is -4.96. The third-order valence-electron chi connectivity index (χ3n) is 17.3. The van der Waals surface area contributed by atoms with Crippen LogP contribution in [0.15, 0.2) is 0 Å². The van der Waals surface area contributed by atoms with Crippen LogP contribution in [-0.4, -0.2) is 96.7 Å². The van der Waals surface area contributed by atoms with Gasteiger partial charge >= 0.3 is 39.5 Å². The van der Waals surface area contributed by atoms with E-state index < -0.39 is 97.5 Å². The van der Waals surface area contributed by atoms with E-state index in [9.17, 15) is 43.2 Å². The average molecular weight is 1380 g/mol. The van der Waals surface area contributed by atoms with Crippen LogP contribution in [0.3, 0.4) is 0 Å². The highest BCUT2D eigenvalue weighted by Gasteiger charge is 2.30. The Hall–Kier alpha value is -1.94. The largest absolute Gasteiger partial charge is 0.472 e. The maximum Gasteiger partial charge on any atom is 0.472 e. The summed E-state index contributed by atoms with van der Waals surface area (Å²) in [5, 5.41) is 10.6. The molecule has 0 aliphatic carbocycles. The van der Waals surface area contributed by atoms with Crippen LogP contribution in [0.25, 0.3) is 0 Å². The first-order valence-corrected chi connectivity index (χ1v) is 41.7. The van der Waals surface area contributed by atoms with E-state index >= 15 is 0 Å². The molecule has 0 aliphatic rings. The molecule has 0 aliphatic heterocycles. The molecule has 0 aromatic heterocycles. The SMILES string of the molecule is CC(C)CCCCCCCCCCCCCCCCCCC(=O)O[C@H](COC(=O)CCCCCCCCCCCCCC(C)C)COP(=O)(O)OCC(O)COP(=O)(O)OC[C@@H](COC(=O)CCCCCCCCCCC(C)C)OC(=O)CCCCCCCCCC(C)C. The van der Waals surface area contributed by atoms with Gasteiger partial charge in [0.2, 0.25) is 0 Å². The quantitative estimate of drug-likeness (QED) is 0.0222. The lowest BCUT2D eigenvalue weighted by molar-refractivity contribution is -0.161. The average Bonchev–Trinajstić information content (AvgIpc) is 1.53. The molecule has 0 saturated heterocycles. The number of carbonyl (C=O) groups excluding carboxylic acids is 4. The van der Waals surface area contributed by atoms with E-state index in [-0.39, 0.29) is 25.7 Å². The second kappa shape index (κ2) is 64.4. The summed E-state index contributed by atoms with van der Waals surface area (Å²) in [5.74, 6) is 0.878. The summed E-state index contributed by atoms with van der Waals surface area (Å²) < 4.78 is 68.4. The summed E-state index contributed by atoms with van der Waals surface area (Å²) in [6.07, 6.45) is 48.8. The Kier molecular flexibility index (Phi) is 63.1. The van der Waals surface area contributed by atoms with Gasteiger partial charge < -0.3 is 33.8 Å². The van der Waals surface area contributed by atoms with Crippen LogP contribution in [0.2, 0.25) is 0 Å². The van der Waals surface area contributed by atoms with E-state index in [1.165, 1.54) is 180 Å². The molecule has 0 fully saturated rings. The number of hydrogen-bond donors (Lipinski definition) is 3. The van der Waals surface area contributed by atoms with Gasteiger partial charge in [0.15, 0.2) is 12.2 Å². The molecular formula is C75H146O17P2. The monoisotopic (exact) mass is 1380 g/mol. The topological polar surface area (TPSA) is 237 Å². The van der Waals surface area contributed by atoms with Crippen molar-refractivity contribution in [1.82, 2.24) is 0 Å². The van der Waals surface area contributed by atoms with E-state index in [0.29, 0.717) is 31.6 Å². The molecule has 17 nitrogen and oxygen atoms in total. The molecule has 3 unspecified atom stereocenters. The second-order valence-electron chi connectivity index (χ2n) is 28.9. The van der Waals surface area contributed by atoms with Crippen LogP contribution < -0.4 is 0 Å². The fraction of sp³-hybridized carbons (Fsp3) is 0.947. The van der Waals surface area contributed by atoms with Gasteiger partial charge in [0, 0.05) is 25.7 Å². The van der Waals surface area contributed by atoms with Crippen molar-refractivity contribution in [3.63, 3.8) is 0 Å². The molecule has 0 bridgehead atoms. The molecule has 0 spiro atoms. The minimum Gasteiger partial charge on any atom is -0.462 e. The third kappa shape index (κ3) is 68.6. The van der Waals surface area contributed by atoms with Crippen molar-refractivity contribution in [1.29, 1.82) is 0 Å². The fourth-order valence-corrected chi connectivity index (χ4v) is 13.0. The van der Waals surface area contributed by atoms with Crippen LogP contribution in [0.4, 0.5) is 0 Å². The van der Waals surface area contributed by atoms with E-state index in [4.69, 9.17) is 37.0 Å². The second-order valence-corrected chi connectivity index (χ2v) is 31.9. The highest BCUT2D eigenvalue weighted by molar-refractivity contribution is 7.47. The van der Waals surface area contributed by atoms with Gasteiger partial charge in [-0.05, 0) is 49.4 Å². The number of carbonyl (C=O) groups is 4. The summed E-state index contributed by atoms with van der Waals surface area (Å²) >= 11 is 0. The van der Waals surface area contributed by atoms with Crippen LogP contribution in [-0.2, 0) is 65.4 Å². The van der Waals surface area contributed by atoms with Crippen molar-refractivity contribution < 1.29 is 80.2 Å². The first-order chi connectivity index (χ1) is 45.1. The summed E-state index contributed by atoms with van der Waals surface area (Å²) in [4.78, 5) is 72.7. The van der Waals surface area contributed by atoms with Crippen LogP contribution in [0.1, 0.15) is 376 Å². The van der Waals surface area contributed by atoms with Gasteiger partial charge in [-0.15, -0.1) is 0 Å². The van der Waals surface area contributed by atoms with Crippen molar-refractivity contribution >= 4 is 39.5 Å². The molecule has 19 heteroatoms. The first-order valence-electron chi connectivity index (χ1n) is 38.7. The van der Waals surface area contributed by atoms with E-state index in [2.05, 4.69) is 55.4 Å². The Morgan fingerprint density at radius 1 is 0.266 bits per heavy atom. The molecule has 0 aromatic carbocycles. The number of aliphatic hydroxyl groups excluding tert-OH is 1. The maximum absolute atomic E-state index is 13.1. The highest BCUT2D eigenvalue weighted by Crippen LogP contribution is 2.45. The lowest BCUT2D eigenvalue weighted by Crippen LogP contribution is -2.30. The maximum atomic E-state index is 13.1. The van der Waals surface area contributed by atoms with Gasteiger partial charge in [-0.1, -0.05) is 325 Å². The van der Waals surface area contributed by atoms with Gasteiger partial charge in [-0.2, -0.15) is 0 Å². The standard InChI is InChI=1S/C75H146O17P2/c1-65(2)51-43-35-27-20-16-13-11-9-10-12-14-18-23-33-41-49-57-74(79)91-70(61-85-72(77)55-47-39-31-22-19-15-17-21-28-36-44-52-66(3)4)63-89-93(81,82)87-59-69(76)60-88-94(83,84)90-64-71(92-75(80)58-50-42-34-26-30-38-46-54-68(7)8)62-86-73(78)56-48-40-32-25-24-29-37-45-53-67(5)6/h65-71,76H,9-64H2,1-8H3,(H,81,82)(H,83,84)/t69?,70-,71-/m1/s1. The third-order valence-corrected chi connectivity index (χ3v) is 19.2. The van der Waals surface area contributed by atoms with Gasteiger partial charge in [-0.25, -0.2) is 9.13 Å². The number of rotatable bonds is 72. The fourth-order valence-electron chi connectivity index (χ4n) is 11.4. The summed E-state index contributed by atoms with van der Waals surface area (Å²) in [7, 11) is -9.91. The van der Waals surface area contributed by atoms with Crippen LogP contribution >= 0.6 is 15.6 Å². The van der Waals surface area contributed by atoms with Crippen molar-refractivity contribution in [2.24, 2.45) is 23.7 Å². The predicted octanol–water partition coefficient (Wildman–Crippen LogP) is 21.7. The Morgan fingerprint density at radius 3 is 0.660 bits per heavy atom. The molecule has 0 heterocycles. The molecular weight excluding hydrogens is 1230 g/mol. The molecule has 0 radical (unpaired) electrons. The van der Waals surface area contributed by atoms with Crippen molar-refractivity contribution in [3.8, 4) is 0 Å². The van der Waals surface area contributed by atoms with Gasteiger partial charge in [0.25, 0.3) is 0 Å². The van der Waals surface area contributed by atoms with Crippen molar-refractivity contribution in [2.45, 2.75) is 395 Å². The van der Waals surface area contributed by atoms with Crippen molar-refractivity contribution in [2.75, 3.05) is 39.6 Å². The number of hydrogen-bond acceptors (Lipinski definition) is 15. The Bertz CT molecular complexity index is 1850. The minimum absolute atomic E-state index is 0.103. The Balaban J connectivity index is 5.23. The molecule has 0 rings (SSSR count). The predicted molar refractivity (Wildman–Crippen MR) is 381 cm³/mol. The molecule has 3 N–H and O–H groups in total. The first kappa shape index (κ1) is 92.1. The smallest absolute Gasteiger partial charge is 0.462 e. The zero-order chi connectivity index (χ0) is 69.6. The van der Waals surface area contributed by atoms with E-state index in [1.54, 1.807) is 0 Å². The van der Waals surface area contributed by atoms with E-state index in [1.807, 2.05) is 0 Å². The summed E-state index contributed by atoms with van der Waals surface area (Å²) in [5.41, 5.74) is 0. The lowest BCUT2D eigenvalue weighted by atomic mass is 10.0. The number of phosphoric ester groups is 2. The Labute approximate surface area is 575 Å². The number of ether oxygens (including phenoxy) is 4. The lowest BCUT2D eigenvalue weighted by Gasteiger charge is -2.21. The molecule has 0 amide bonds. The number of unbranched alkanes of at least 4 members (excludes halogenated alkanes) is 38. The zero-order valence-electron chi connectivity index (χ0n) is 61.6. The van der Waals surface area contributed by atoms with Gasteiger partial charge in [-0.3, -0.25) is 37.3 Å². The van der Waals surface area contributed by atoms with Gasteiger partial charge in [0.1, 0.15) is 19.3 Å². The molecule has 0 saturated carbocycles. The highest BCUT2D eigenvalue weighted by atomic mass is 31.2. The van der Waals surface area contributed by atoms with Crippen molar-refractivity contribution in [3.05, 3.63) is 0 Å².